The molecule has 3 aliphatic heterocycles. The summed E-state index contributed by atoms with van der Waals surface area (Å²) < 4.78 is 10.3. The number of pyridine rings is 1. The van der Waals surface area contributed by atoms with Crippen LogP contribution in [0.3, 0.4) is 0 Å². The maximum atomic E-state index is 9.92. The van der Waals surface area contributed by atoms with Crippen molar-refractivity contribution in [3.05, 3.63) is 174 Å². The second kappa shape index (κ2) is 14.7. The summed E-state index contributed by atoms with van der Waals surface area (Å²) in [6.07, 6.45) is 1.88. The number of fused-ring (bicyclic) bond motifs is 3. The van der Waals surface area contributed by atoms with Gasteiger partial charge in [-0.25, -0.2) is 4.98 Å². The van der Waals surface area contributed by atoms with Gasteiger partial charge in [0.2, 0.25) is 0 Å². The summed E-state index contributed by atoms with van der Waals surface area (Å²) in [5, 5.41) is 12.1. The predicted molar refractivity (Wildman–Crippen MR) is 275 cm³/mol. The van der Waals surface area contributed by atoms with Crippen molar-refractivity contribution in [1.82, 2.24) is 18.5 Å². The van der Waals surface area contributed by atoms with Gasteiger partial charge in [-0.2, -0.15) is 5.26 Å². The average molecular weight is 869 g/mol. The molecule has 1 fully saturated rings. The smallest absolute Gasteiger partial charge is 0.188 e. The van der Waals surface area contributed by atoms with Crippen LogP contribution in [0.4, 0.5) is 22.7 Å². The molecule has 6 heteroatoms. The lowest BCUT2D eigenvalue weighted by Crippen LogP contribution is -2.67. The number of aromatic nitrogens is 2. The van der Waals surface area contributed by atoms with Gasteiger partial charge in [0.25, 0.3) is 0 Å². The SMILES string of the molecule is CC(C)(C)c1cccc(-c2cccc3c2[N@@+]2(c4cc(C(C)(C)C)cc(C(C)(C)C)c4)[CH-][N@+]3(c3cccc(Oc4ccc5c6ccc(C#N)cc6n(-c6cc(C(C)(C)C)ccn6)c5c4)c3)C2)c1. The molecule has 6 aromatic carbocycles. The van der Waals surface area contributed by atoms with Crippen molar-refractivity contribution in [2.24, 2.45) is 0 Å². The van der Waals surface area contributed by atoms with E-state index in [9.17, 15) is 5.26 Å². The minimum Gasteiger partial charge on any atom is -0.457 e. The molecule has 66 heavy (non-hydrogen) atoms. The number of hydrogen-bond donors (Lipinski definition) is 0. The van der Waals surface area contributed by atoms with Crippen molar-refractivity contribution in [1.29, 1.82) is 5.26 Å². The van der Waals surface area contributed by atoms with Crippen LogP contribution in [0, 0.1) is 18.0 Å². The van der Waals surface area contributed by atoms with Crippen LogP contribution in [-0.2, 0) is 21.7 Å². The van der Waals surface area contributed by atoms with Crippen molar-refractivity contribution in [2.75, 3.05) is 6.67 Å². The summed E-state index contributed by atoms with van der Waals surface area (Å²) in [6.45, 7) is 30.9. The largest absolute Gasteiger partial charge is 0.457 e. The topological polar surface area (TPSA) is 50.8 Å². The Morgan fingerprint density at radius 3 is 1.83 bits per heavy atom. The quantitative estimate of drug-likeness (QED) is 0.124. The third-order valence-corrected chi connectivity index (χ3v) is 14.1. The molecule has 5 heterocycles. The van der Waals surface area contributed by atoms with Crippen molar-refractivity contribution < 1.29 is 4.74 Å². The number of quaternary nitrogens is 2. The molecule has 3 aliphatic rings. The fraction of sp³-hybridized carbons (Fsp3) is 0.283. The highest BCUT2D eigenvalue weighted by Gasteiger charge is 2.64. The van der Waals surface area contributed by atoms with Crippen LogP contribution in [0.5, 0.6) is 11.5 Å². The summed E-state index contributed by atoms with van der Waals surface area (Å²) >= 11 is 0. The second-order valence-corrected chi connectivity index (χ2v) is 22.9. The van der Waals surface area contributed by atoms with E-state index in [1.807, 2.05) is 24.4 Å². The maximum absolute atomic E-state index is 9.92. The number of rotatable bonds is 6. The van der Waals surface area contributed by atoms with Crippen LogP contribution in [0.2, 0.25) is 0 Å². The zero-order valence-corrected chi connectivity index (χ0v) is 40.7. The van der Waals surface area contributed by atoms with Crippen LogP contribution in [0.15, 0.2) is 140 Å². The van der Waals surface area contributed by atoms with Gasteiger partial charge >= 0.3 is 0 Å². The lowest BCUT2D eigenvalue weighted by Gasteiger charge is -2.56. The van der Waals surface area contributed by atoms with Crippen molar-refractivity contribution in [2.45, 2.75) is 105 Å². The van der Waals surface area contributed by atoms with Gasteiger partial charge in [0.15, 0.2) is 18.0 Å². The maximum Gasteiger partial charge on any atom is 0.188 e. The van der Waals surface area contributed by atoms with Crippen LogP contribution in [0.25, 0.3) is 38.8 Å². The Hall–Kier alpha value is -6.52. The molecule has 1 saturated heterocycles. The summed E-state index contributed by atoms with van der Waals surface area (Å²) in [4.78, 5) is 4.88. The first kappa shape index (κ1) is 43.4. The van der Waals surface area contributed by atoms with E-state index >= 15 is 0 Å². The van der Waals surface area contributed by atoms with E-state index in [0.717, 1.165) is 51.5 Å². The van der Waals surface area contributed by atoms with Gasteiger partial charge in [-0.3, -0.25) is 13.5 Å². The lowest BCUT2D eigenvalue weighted by atomic mass is 9.80. The number of benzene rings is 6. The minimum absolute atomic E-state index is 0.0192. The van der Waals surface area contributed by atoms with Crippen LogP contribution in [-0.4, -0.2) is 16.2 Å². The van der Waals surface area contributed by atoms with Gasteiger partial charge in [-0.1, -0.05) is 132 Å². The lowest BCUT2D eigenvalue weighted by molar-refractivity contribution is 0.187. The van der Waals surface area contributed by atoms with Crippen LogP contribution >= 0.6 is 0 Å². The van der Waals surface area contributed by atoms with Crippen molar-refractivity contribution in [3.8, 4) is 34.5 Å². The molecular formula is C60H62N5O+. The van der Waals surface area contributed by atoms with E-state index in [2.05, 4.69) is 216 Å². The first-order valence-electron chi connectivity index (χ1n) is 23.4. The number of hydrogen-bond acceptors (Lipinski definition) is 3. The number of nitriles is 1. The summed E-state index contributed by atoms with van der Waals surface area (Å²) in [6, 6.07) is 50.9. The molecule has 332 valence electrons. The monoisotopic (exact) mass is 868 g/mol. The van der Waals surface area contributed by atoms with E-state index in [4.69, 9.17) is 9.72 Å². The Kier molecular flexibility index (Phi) is 9.69. The van der Waals surface area contributed by atoms with E-state index in [0.29, 0.717) is 14.5 Å². The normalized spacial score (nSPS) is 18.3. The molecule has 11 rings (SSSR count). The minimum atomic E-state index is -0.0630. The van der Waals surface area contributed by atoms with E-state index in [1.165, 1.54) is 50.4 Å². The van der Waals surface area contributed by atoms with Crippen molar-refractivity contribution >= 4 is 44.6 Å². The zero-order chi connectivity index (χ0) is 46.8. The Balaban J connectivity index is 1.10. The van der Waals surface area contributed by atoms with Gasteiger partial charge in [0.05, 0.1) is 29.3 Å². The van der Waals surface area contributed by atoms with E-state index in [-0.39, 0.29) is 21.7 Å². The van der Waals surface area contributed by atoms with E-state index < -0.39 is 0 Å². The zero-order valence-electron chi connectivity index (χ0n) is 40.7. The molecule has 0 N–H and O–H groups in total. The first-order chi connectivity index (χ1) is 31.1. The summed E-state index contributed by atoms with van der Waals surface area (Å²) in [5.41, 5.74) is 15.2. The average Bonchev–Trinajstić information content (AvgIpc) is 3.86. The van der Waals surface area contributed by atoms with Gasteiger partial charge in [0.1, 0.15) is 28.7 Å². The molecule has 2 bridgehead atoms. The van der Waals surface area contributed by atoms with Gasteiger partial charge in [-0.15, -0.1) is 0 Å². The van der Waals surface area contributed by atoms with Crippen LogP contribution < -0.4 is 13.7 Å². The van der Waals surface area contributed by atoms with Crippen LogP contribution in [0.1, 0.15) is 111 Å². The molecule has 0 aliphatic carbocycles. The Morgan fingerprint density at radius 2 is 1.17 bits per heavy atom. The number of nitrogens with zero attached hydrogens (tertiary/aromatic N) is 5. The molecule has 0 unspecified atom stereocenters. The molecule has 0 radical (unpaired) electrons. The number of para-hydroxylation sites is 1. The molecule has 8 aromatic rings. The highest BCUT2D eigenvalue weighted by Crippen LogP contribution is 2.68. The predicted octanol–water partition coefficient (Wildman–Crippen LogP) is 16.1. The van der Waals surface area contributed by atoms with Gasteiger partial charge in [0, 0.05) is 52.9 Å². The highest BCUT2D eigenvalue weighted by molar-refractivity contribution is 6.10. The Bertz CT molecular complexity index is 3260. The second-order valence-electron chi connectivity index (χ2n) is 22.9. The molecule has 2 aromatic heterocycles. The summed E-state index contributed by atoms with van der Waals surface area (Å²) in [5.74, 6) is 2.31. The Morgan fingerprint density at radius 1 is 0.561 bits per heavy atom. The summed E-state index contributed by atoms with van der Waals surface area (Å²) in [7, 11) is 0. The van der Waals surface area contributed by atoms with E-state index in [1.54, 1.807) is 0 Å². The standard InChI is InChI=1S/C60H62N5O/c1-57(2,3)41-17-13-16-40(29-41)49-20-15-21-54-56(49)65(46-31-43(59(7,8)9)30-44(32-46)60(10,11)12)37-64(54,38-65)45-18-14-19-47(34-45)66-48-23-25-51-50-24-22-39(36-61)28-52(50)63(53(51)35-48)55-33-42(26-27-62-55)58(4,5)6/h13-35,37H,38H2,1-12H3/q+1/t64-,65+/m1/s1. The molecule has 0 amide bonds. The molecule has 2 atom stereocenters. The fourth-order valence-corrected chi connectivity index (χ4v) is 10.2. The molecular weight excluding hydrogens is 807 g/mol. The fourth-order valence-electron chi connectivity index (χ4n) is 10.2. The molecule has 0 saturated carbocycles. The third kappa shape index (κ3) is 7.03. The van der Waals surface area contributed by atoms with Crippen molar-refractivity contribution in [3.63, 3.8) is 0 Å². The van der Waals surface area contributed by atoms with Gasteiger partial charge < -0.3 is 4.74 Å². The Labute approximate surface area is 391 Å². The first-order valence-corrected chi connectivity index (χ1v) is 23.4. The third-order valence-electron chi connectivity index (χ3n) is 14.1. The molecule has 0 spiro atoms. The highest BCUT2D eigenvalue weighted by atomic mass is 16.5. The number of ether oxygens (including phenoxy) is 1. The molecule has 6 nitrogen and oxygen atoms in total. The van der Waals surface area contributed by atoms with Gasteiger partial charge in [-0.05, 0) is 104 Å².